The van der Waals surface area contributed by atoms with Crippen LogP contribution in [0.3, 0.4) is 0 Å². The number of alkyl halides is 3. The highest BCUT2D eigenvalue weighted by Crippen LogP contribution is 2.38. The van der Waals surface area contributed by atoms with Crippen molar-refractivity contribution >= 4 is 40.3 Å². The number of nitrogens with one attached hydrogen (secondary N) is 1. The molecule has 1 aliphatic rings. The van der Waals surface area contributed by atoms with Crippen LogP contribution in [0.5, 0.6) is 0 Å². The zero-order valence-electron chi connectivity index (χ0n) is 15.7. The minimum absolute atomic E-state index is 0.0238. The van der Waals surface area contributed by atoms with E-state index in [1.54, 1.807) is 19.2 Å². The van der Waals surface area contributed by atoms with Crippen LogP contribution in [-0.2, 0) is 11.2 Å². The standard InChI is InChI=1S/C21H16F3N3O2S/c1-20(12-13-10-11-25-17-5-3-2-4-16(13)17)18(28)27(19(29)26-20)14-6-8-15(9-7-14)30-21(22,23)24/h2-11H,12H2,1H3,(H,26,29)/t20-/m1/s1. The second-order valence-electron chi connectivity index (χ2n) is 7.11. The maximum Gasteiger partial charge on any atom is 0.446 e. The molecule has 0 spiro atoms. The summed E-state index contributed by atoms with van der Waals surface area (Å²) in [6.07, 6.45) is 1.90. The number of hydrogen-bond donors (Lipinski definition) is 1. The first-order valence-corrected chi connectivity index (χ1v) is 9.83. The molecule has 2 aromatic carbocycles. The van der Waals surface area contributed by atoms with Gasteiger partial charge in [-0.25, -0.2) is 9.69 Å². The van der Waals surface area contributed by atoms with E-state index < -0.39 is 23.0 Å². The number of urea groups is 1. The highest BCUT2D eigenvalue weighted by atomic mass is 32.2. The van der Waals surface area contributed by atoms with Gasteiger partial charge in [0.15, 0.2) is 0 Å². The Hall–Kier alpha value is -3.07. The number of pyridine rings is 1. The summed E-state index contributed by atoms with van der Waals surface area (Å²) < 4.78 is 37.5. The number of carbonyl (C=O) groups is 2. The fourth-order valence-corrected chi connectivity index (χ4v) is 4.07. The van der Waals surface area contributed by atoms with Crippen molar-refractivity contribution in [2.45, 2.75) is 29.3 Å². The van der Waals surface area contributed by atoms with Crippen molar-refractivity contribution in [3.63, 3.8) is 0 Å². The summed E-state index contributed by atoms with van der Waals surface area (Å²) in [6.45, 7) is 1.64. The quantitative estimate of drug-likeness (QED) is 0.471. The molecule has 1 aliphatic heterocycles. The van der Waals surface area contributed by atoms with Gasteiger partial charge < -0.3 is 5.32 Å². The number of carbonyl (C=O) groups excluding carboxylic acids is 2. The van der Waals surface area contributed by atoms with Crippen molar-refractivity contribution in [2.24, 2.45) is 0 Å². The predicted molar refractivity (Wildman–Crippen MR) is 108 cm³/mol. The number of anilines is 1. The molecule has 0 aliphatic carbocycles. The van der Waals surface area contributed by atoms with Crippen LogP contribution in [0.15, 0.2) is 65.7 Å². The van der Waals surface area contributed by atoms with Crippen LogP contribution < -0.4 is 10.2 Å². The molecule has 4 rings (SSSR count). The van der Waals surface area contributed by atoms with Crippen LogP contribution in [0.25, 0.3) is 10.9 Å². The van der Waals surface area contributed by atoms with Crippen molar-refractivity contribution in [1.29, 1.82) is 0 Å². The summed E-state index contributed by atoms with van der Waals surface area (Å²) in [5, 5.41) is 3.61. The maximum atomic E-state index is 13.1. The van der Waals surface area contributed by atoms with Gasteiger partial charge in [-0.15, -0.1) is 0 Å². The van der Waals surface area contributed by atoms with Crippen LogP contribution in [0.1, 0.15) is 12.5 Å². The Morgan fingerprint density at radius 1 is 1.07 bits per heavy atom. The van der Waals surface area contributed by atoms with Gasteiger partial charge in [0.2, 0.25) is 0 Å². The van der Waals surface area contributed by atoms with Gasteiger partial charge in [-0.3, -0.25) is 9.78 Å². The monoisotopic (exact) mass is 431 g/mol. The number of aromatic nitrogens is 1. The number of thioether (sulfide) groups is 1. The van der Waals surface area contributed by atoms with E-state index in [-0.39, 0.29) is 28.8 Å². The van der Waals surface area contributed by atoms with Gasteiger partial charge in [0.1, 0.15) is 5.54 Å². The molecule has 1 atom stereocenters. The Labute approximate surface area is 174 Å². The van der Waals surface area contributed by atoms with E-state index in [2.05, 4.69) is 10.3 Å². The second kappa shape index (κ2) is 7.32. The van der Waals surface area contributed by atoms with Crippen LogP contribution in [0, 0.1) is 0 Å². The molecular weight excluding hydrogens is 415 g/mol. The molecule has 0 unspecified atom stereocenters. The van der Waals surface area contributed by atoms with E-state index in [4.69, 9.17) is 0 Å². The maximum absolute atomic E-state index is 13.1. The molecule has 154 valence electrons. The summed E-state index contributed by atoms with van der Waals surface area (Å²) in [5.41, 5.74) is -3.75. The Morgan fingerprint density at radius 2 is 1.77 bits per heavy atom. The molecule has 2 heterocycles. The second-order valence-corrected chi connectivity index (χ2v) is 8.25. The molecule has 0 radical (unpaired) electrons. The molecule has 5 nitrogen and oxygen atoms in total. The average Bonchev–Trinajstić information content (AvgIpc) is 2.90. The van der Waals surface area contributed by atoms with Crippen molar-refractivity contribution in [2.75, 3.05) is 4.90 Å². The SMILES string of the molecule is C[C@]1(Cc2ccnc3ccccc23)NC(=O)N(c2ccc(SC(F)(F)F)cc2)C1=O. The number of para-hydroxylation sites is 1. The fraction of sp³-hybridized carbons (Fsp3) is 0.190. The molecule has 3 amide bonds. The van der Waals surface area contributed by atoms with Crippen molar-refractivity contribution in [1.82, 2.24) is 10.3 Å². The van der Waals surface area contributed by atoms with Crippen LogP contribution >= 0.6 is 11.8 Å². The average molecular weight is 431 g/mol. The molecule has 1 aromatic heterocycles. The Balaban J connectivity index is 1.60. The first-order chi connectivity index (χ1) is 14.2. The normalized spacial score (nSPS) is 19.4. The highest BCUT2D eigenvalue weighted by molar-refractivity contribution is 8.00. The number of benzene rings is 2. The van der Waals surface area contributed by atoms with Crippen molar-refractivity contribution < 1.29 is 22.8 Å². The summed E-state index contributed by atoms with van der Waals surface area (Å²) in [5.74, 6) is -0.468. The minimum atomic E-state index is -4.41. The van der Waals surface area contributed by atoms with Gasteiger partial charge in [0, 0.05) is 22.9 Å². The van der Waals surface area contributed by atoms with E-state index in [1.807, 2.05) is 24.3 Å². The highest BCUT2D eigenvalue weighted by Gasteiger charge is 2.48. The topological polar surface area (TPSA) is 62.3 Å². The number of nitrogens with zero attached hydrogens (tertiary/aromatic N) is 2. The number of rotatable bonds is 4. The molecule has 1 saturated heterocycles. The van der Waals surface area contributed by atoms with Crippen LogP contribution in [0.2, 0.25) is 0 Å². The lowest BCUT2D eigenvalue weighted by Crippen LogP contribution is -2.46. The van der Waals surface area contributed by atoms with Crippen molar-refractivity contribution in [3.8, 4) is 0 Å². The smallest absolute Gasteiger partial charge is 0.323 e. The van der Waals surface area contributed by atoms with E-state index in [1.165, 1.54) is 24.3 Å². The molecule has 1 fully saturated rings. The number of fused-ring (bicyclic) bond motifs is 1. The lowest BCUT2D eigenvalue weighted by Gasteiger charge is -2.22. The summed E-state index contributed by atoms with van der Waals surface area (Å²) in [7, 11) is 0. The van der Waals surface area contributed by atoms with E-state index in [0.29, 0.717) is 0 Å². The van der Waals surface area contributed by atoms with Gasteiger partial charge in [-0.05, 0) is 60.6 Å². The number of hydrogen-bond acceptors (Lipinski definition) is 4. The number of amides is 3. The van der Waals surface area contributed by atoms with Crippen LogP contribution in [-0.4, -0.2) is 28.0 Å². The van der Waals surface area contributed by atoms with Gasteiger partial charge >= 0.3 is 11.5 Å². The van der Waals surface area contributed by atoms with E-state index >= 15 is 0 Å². The van der Waals surface area contributed by atoms with Gasteiger partial charge in [0.25, 0.3) is 5.91 Å². The summed E-state index contributed by atoms with van der Waals surface area (Å²) >= 11 is -0.254. The first-order valence-electron chi connectivity index (χ1n) is 9.01. The van der Waals surface area contributed by atoms with E-state index in [0.717, 1.165) is 21.4 Å². The minimum Gasteiger partial charge on any atom is -0.323 e. The molecule has 0 saturated carbocycles. The largest absolute Gasteiger partial charge is 0.446 e. The molecule has 9 heteroatoms. The Bertz CT molecular complexity index is 1130. The molecular formula is C21H16F3N3O2S. The third-order valence-electron chi connectivity index (χ3n) is 4.87. The Kier molecular flexibility index (Phi) is 4.93. The third kappa shape index (κ3) is 3.85. The zero-order valence-corrected chi connectivity index (χ0v) is 16.6. The van der Waals surface area contributed by atoms with Gasteiger partial charge in [0.05, 0.1) is 11.2 Å². The first kappa shape index (κ1) is 20.2. The number of imide groups is 1. The zero-order chi connectivity index (χ0) is 21.5. The van der Waals surface area contributed by atoms with Crippen LogP contribution in [0.4, 0.5) is 23.7 Å². The Morgan fingerprint density at radius 3 is 2.47 bits per heavy atom. The third-order valence-corrected chi connectivity index (χ3v) is 5.61. The summed E-state index contributed by atoms with van der Waals surface area (Å²) in [4.78, 5) is 30.9. The lowest BCUT2D eigenvalue weighted by molar-refractivity contribution is -0.121. The number of halogens is 3. The van der Waals surface area contributed by atoms with Gasteiger partial charge in [-0.2, -0.15) is 13.2 Å². The van der Waals surface area contributed by atoms with E-state index in [9.17, 15) is 22.8 Å². The molecule has 1 N–H and O–H groups in total. The molecule has 3 aromatic rings. The predicted octanol–water partition coefficient (Wildman–Crippen LogP) is 4.90. The summed E-state index contributed by atoms with van der Waals surface area (Å²) in [6, 6.07) is 13.8. The van der Waals surface area contributed by atoms with Crippen molar-refractivity contribution in [3.05, 3.63) is 66.4 Å². The van der Waals surface area contributed by atoms with Gasteiger partial charge in [-0.1, -0.05) is 18.2 Å². The lowest BCUT2D eigenvalue weighted by atomic mass is 9.91. The fourth-order valence-electron chi connectivity index (χ4n) is 3.53. The molecule has 0 bridgehead atoms. The molecule has 30 heavy (non-hydrogen) atoms.